The van der Waals surface area contributed by atoms with Crippen molar-refractivity contribution >= 4 is 22.8 Å². The molecule has 0 N–H and O–H groups in total. The van der Waals surface area contributed by atoms with Crippen LogP contribution in [0.3, 0.4) is 0 Å². The van der Waals surface area contributed by atoms with Crippen molar-refractivity contribution in [1.29, 1.82) is 0 Å². The van der Waals surface area contributed by atoms with Gasteiger partial charge in [0.1, 0.15) is 12.6 Å². The molecule has 9 heteroatoms. The maximum atomic E-state index is 13.2. The molecule has 0 fully saturated rings. The molecular formula is C10H9F4NO2P2. The third-order valence-electron chi connectivity index (χ3n) is 2.14. The lowest BCUT2D eigenvalue weighted by molar-refractivity contribution is -0.121. The molecule has 1 rings (SSSR count). The molecule has 0 radical (unpaired) electrons. The summed E-state index contributed by atoms with van der Waals surface area (Å²) in [7, 11) is 2.78. The second-order valence-electron chi connectivity index (χ2n) is 3.46. The molecule has 0 amide bonds. The Bertz CT molecular complexity index is 498. The third kappa shape index (κ3) is 3.95. The number of ether oxygens (including phenoxy) is 1. The highest BCUT2D eigenvalue weighted by atomic mass is 32.0. The Labute approximate surface area is 110 Å². The summed E-state index contributed by atoms with van der Waals surface area (Å²) in [6, 6.07) is -0.687. The number of Topliss-reactive ketones (excluding diaryl/α,β-unsaturated/α-hetero) is 1. The largest absolute Gasteiger partial charge is 0.479 e. The number of benzene rings is 1. The van der Waals surface area contributed by atoms with Crippen LogP contribution in [0, 0.1) is 23.3 Å². The monoisotopic (exact) mass is 313 g/mol. The van der Waals surface area contributed by atoms with Crippen molar-refractivity contribution in [3.05, 3.63) is 29.3 Å². The Morgan fingerprint density at radius 2 is 1.89 bits per heavy atom. The average Bonchev–Trinajstić information content (AvgIpc) is 2.36. The number of rotatable bonds is 5. The summed E-state index contributed by atoms with van der Waals surface area (Å²) < 4.78 is 60.4. The lowest BCUT2D eigenvalue weighted by Gasteiger charge is -2.10. The Morgan fingerprint density at radius 1 is 1.37 bits per heavy atom. The molecule has 0 aliphatic rings. The summed E-state index contributed by atoms with van der Waals surface area (Å²) >= 11 is 0. The van der Waals surface area contributed by atoms with Gasteiger partial charge in [-0.15, -0.1) is 0 Å². The van der Waals surface area contributed by atoms with E-state index in [1.165, 1.54) is 6.92 Å². The van der Waals surface area contributed by atoms with E-state index < -0.39 is 47.5 Å². The standard InChI is InChI=1S/C10H9F4NO2P2/c1-4(15-19-18)7(16)3-17-10-8(13)5(11)2-6(12)9(10)14/h2,4H,3,18H2,1H3/t4-/m0/s1. The van der Waals surface area contributed by atoms with E-state index in [-0.39, 0.29) is 6.07 Å². The van der Waals surface area contributed by atoms with E-state index in [0.717, 1.165) is 0 Å². The van der Waals surface area contributed by atoms with Crippen LogP contribution in [0.25, 0.3) is 0 Å². The highest BCUT2D eigenvalue weighted by Gasteiger charge is 2.22. The minimum atomic E-state index is -1.68. The van der Waals surface area contributed by atoms with Crippen molar-refractivity contribution in [2.24, 2.45) is 4.74 Å². The van der Waals surface area contributed by atoms with E-state index in [1.807, 2.05) is 0 Å². The second-order valence-corrected chi connectivity index (χ2v) is 4.61. The first-order chi connectivity index (χ1) is 8.88. The second kappa shape index (κ2) is 6.92. The normalized spacial score (nSPS) is 12.7. The summed E-state index contributed by atoms with van der Waals surface area (Å²) in [6.07, 6.45) is 0. The fourth-order valence-electron chi connectivity index (χ4n) is 1.11. The van der Waals surface area contributed by atoms with Crippen LogP contribution in [0.5, 0.6) is 5.75 Å². The number of carbonyl (C=O) groups excluding carboxylic acids is 1. The molecule has 0 saturated heterocycles. The lowest BCUT2D eigenvalue weighted by Crippen LogP contribution is -2.22. The van der Waals surface area contributed by atoms with Gasteiger partial charge in [0, 0.05) is 14.1 Å². The van der Waals surface area contributed by atoms with Crippen molar-refractivity contribution in [2.45, 2.75) is 13.0 Å². The first-order valence-corrected chi connectivity index (χ1v) is 7.43. The summed E-state index contributed by atoms with van der Waals surface area (Å²) in [4.78, 5) is 11.4. The van der Waals surface area contributed by atoms with Gasteiger partial charge in [-0.3, -0.25) is 9.54 Å². The lowest BCUT2D eigenvalue weighted by atomic mass is 10.2. The number of halogens is 4. The SMILES string of the molecule is C[C@H](N=PP)C(=O)COc1c(F)c(F)cc(F)c1F. The van der Waals surface area contributed by atoms with Gasteiger partial charge in [0.15, 0.2) is 23.2 Å². The van der Waals surface area contributed by atoms with Gasteiger partial charge in [-0.25, -0.2) is 8.78 Å². The van der Waals surface area contributed by atoms with Crippen molar-refractivity contribution in [2.75, 3.05) is 6.61 Å². The van der Waals surface area contributed by atoms with Crippen LogP contribution < -0.4 is 4.74 Å². The molecule has 1 aromatic rings. The van der Waals surface area contributed by atoms with Gasteiger partial charge in [0.25, 0.3) is 0 Å². The van der Waals surface area contributed by atoms with Gasteiger partial charge in [-0.05, 0) is 6.92 Å². The zero-order valence-corrected chi connectivity index (χ0v) is 11.7. The summed E-state index contributed by atoms with van der Waals surface area (Å²) in [6.45, 7) is 0.725. The summed E-state index contributed by atoms with van der Waals surface area (Å²) in [5.74, 6) is -8.37. The van der Waals surface area contributed by atoms with Gasteiger partial charge in [-0.1, -0.05) is 8.93 Å². The first kappa shape index (κ1) is 16.0. The zero-order chi connectivity index (χ0) is 14.6. The van der Waals surface area contributed by atoms with Gasteiger partial charge < -0.3 is 4.74 Å². The molecular weight excluding hydrogens is 304 g/mol. The van der Waals surface area contributed by atoms with Gasteiger partial charge in [-0.2, -0.15) is 8.78 Å². The molecule has 1 aromatic carbocycles. The zero-order valence-electron chi connectivity index (χ0n) is 9.66. The fourth-order valence-corrected chi connectivity index (χ4v) is 2.04. The maximum Gasteiger partial charge on any atom is 0.203 e. The van der Waals surface area contributed by atoms with Gasteiger partial charge in [0.2, 0.25) is 11.6 Å². The highest BCUT2D eigenvalue weighted by molar-refractivity contribution is 7.97. The molecule has 3 nitrogen and oxygen atoms in total. The molecule has 0 saturated carbocycles. The van der Waals surface area contributed by atoms with Gasteiger partial charge >= 0.3 is 0 Å². The van der Waals surface area contributed by atoms with Crippen molar-refractivity contribution in [3.8, 4) is 5.75 Å². The maximum absolute atomic E-state index is 13.2. The number of hydrogen-bond acceptors (Lipinski definition) is 3. The van der Waals surface area contributed by atoms with E-state index in [2.05, 4.69) is 18.4 Å². The summed E-state index contributed by atoms with van der Waals surface area (Å²) in [5, 5.41) is 0. The minimum absolute atomic E-state index is 0.0600. The van der Waals surface area contributed by atoms with E-state index >= 15 is 0 Å². The van der Waals surface area contributed by atoms with Crippen molar-refractivity contribution in [3.63, 3.8) is 0 Å². The van der Waals surface area contributed by atoms with Crippen molar-refractivity contribution < 1.29 is 27.1 Å². The Hall–Kier alpha value is -1.06. The Balaban J connectivity index is 2.87. The van der Waals surface area contributed by atoms with Gasteiger partial charge in [0.05, 0.1) is 0 Å². The van der Waals surface area contributed by atoms with Crippen LogP contribution in [0.4, 0.5) is 17.6 Å². The Morgan fingerprint density at radius 3 is 2.37 bits per heavy atom. The van der Waals surface area contributed by atoms with Crippen LogP contribution >= 0.6 is 17.0 Å². The van der Waals surface area contributed by atoms with Crippen LogP contribution in [-0.2, 0) is 4.79 Å². The predicted molar refractivity (Wildman–Crippen MR) is 65.3 cm³/mol. The fraction of sp³-hybridized carbons (Fsp3) is 0.300. The van der Waals surface area contributed by atoms with Crippen molar-refractivity contribution in [1.82, 2.24) is 0 Å². The van der Waals surface area contributed by atoms with Crippen LogP contribution in [0.1, 0.15) is 6.92 Å². The number of hydrogen-bond donors (Lipinski definition) is 0. The number of carbonyl (C=O) groups is 1. The molecule has 19 heavy (non-hydrogen) atoms. The van der Waals surface area contributed by atoms with E-state index in [1.54, 1.807) is 0 Å². The first-order valence-electron chi connectivity index (χ1n) is 4.97. The topological polar surface area (TPSA) is 38.7 Å². The molecule has 0 heterocycles. The van der Waals surface area contributed by atoms with E-state index in [0.29, 0.717) is 8.06 Å². The summed E-state index contributed by atoms with van der Waals surface area (Å²) in [5.41, 5.74) is 0. The highest BCUT2D eigenvalue weighted by Crippen LogP contribution is 2.26. The quantitative estimate of drug-likeness (QED) is 0.474. The Kier molecular flexibility index (Phi) is 5.83. The van der Waals surface area contributed by atoms with Crippen LogP contribution in [0.15, 0.2) is 10.8 Å². The predicted octanol–water partition coefficient (Wildman–Crippen LogP) is 3.50. The number of ketones is 1. The molecule has 0 spiro atoms. The van der Waals surface area contributed by atoms with E-state index in [9.17, 15) is 22.4 Å². The smallest absolute Gasteiger partial charge is 0.203 e. The van der Waals surface area contributed by atoms with Crippen LogP contribution in [-0.4, -0.2) is 18.4 Å². The molecule has 1 unspecified atom stereocenters. The minimum Gasteiger partial charge on any atom is -0.479 e. The molecule has 0 aliphatic heterocycles. The average molecular weight is 313 g/mol. The third-order valence-corrected chi connectivity index (χ3v) is 3.02. The molecule has 0 aliphatic carbocycles. The number of nitrogens with zero attached hydrogens (tertiary/aromatic N) is 1. The molecule has 2 atom stereocenters. The van der Waals surface area contributed by atoms with Crippen LogP contribution in [0.2, 0.25) is 0 Å². The van der Waals surface area contributed by atoms with E-state index in [4.69, 9.17) is 0 Å². The molecule has 0 aromatic heterocycles. The molecule has 0 bridgehead atoms. The molecule has 104 valence electrons.